The van der Waals surface area contributed by atoms with Crippen LogP contribution in [0.25, 0.3) is 0 Å². The van der Waals surface area contributed by atoms with Gasteiger partial charge in [0.1, 0.15) is 0 Å². The van der Waals surface area contributed by atoms with Crippen LogP contribution in [0.1, 0.15) is 0 Å². The van der Waals surface area contributed by atoms with Crippen LogP contribution in [0.15, 0.2) is 25.3 Å². The maximum absolute atomic E-state index is 6.50. The van der Waals surface area contributed by atoms with E-state index in [0.717, 1.165) is 12.1 Å². The van der Waals surface area contributed by atoms with Gasteiger partial charge in [-0.3, -0.25) is 0 Å². The molecule has 0 N–H and O–H groups in total. The average molecular weight is 437 g/mol. The van der Waals surface area contributed by atoms with Gasteiger partial charge in [-0.2, -0.15) is 0 Å². The van der Waals surface area contributed by atoms with E-state index in [9.17, 15) is 0 Å². The maximum Gasteiger partial charge on any atom is 0.314 e. The standard InChI is InChI=1S/C16H40O4Si5/c1-13-15-21(3,4)17-23(7,8)19-25(11,12)20-24(9,10)18-22(5,6)16-14-2/h13-14H,1-2,15-16H2,3-12H3. The largest absolute Gasteiger partial charge is 0.436 e. The van der Waals surface area contributed by atoms with Gasteiger partial charge in [0.25, 0.3) is 0 Å². The molecule has 0 aliphatic rings. The summed E-state index contributed by atoms with van der Waals surface area (Å²) in [6.45, 7) is 29.2. The zero-order chi connectivity index (χ0) is 20.2. The summed E-state index contributed by atoms with van der Waals surface area (Å²) in [7, 11) is -10.5. The molecule has 0 rings (SSSR count). The highest BCUT2D eigenvalue weighted by Gasteiger charge is 2.45. The molecule has 0 aromatic carbocycles. The fraction of sp³-hybridized carbons (Fsp3) is 0.750. The molecule has 0 unspecified atom stereocenters. The third-order valence-electron chi connectivity index (χ3n) is 3.30. The normalized spacial score (nSPS) is 14.5. The van der Waals surface area contributed by atoms with Crippen LogP contribution in [0.2, 0.25) is 77.6 Å². The molecule has 0 fully saturated rings. The lowest BCUT2D eigenvalue weighted by Gasteiger charge is -2.42. The van der Waals surface area contributed by atoms with Crippen LogP contribution in [-0.2, 0) is 16.5 Å². The Hall–Kier alpha value is 0.404. The van der Waals surface area contributed by atoms with Gasteiger partial charge in [-0.15, -0.1) is 13.2 Å². The SMILES string of the molecule is C=CC[Si](C)(C)O[Si](C)(C)O[Si](C)(C)O[Si](C)(C)O[Si](C)(C)CC=C. The van der Waals surface area contributed by atoms with Gasteiger partial charge in [0.2, 0.25) is 0 Å². The molecule has 9 heteroatoms. The Morgan fingerprint density at radius 1 is 0.520 bits per heavy atom. The molecule has 0 saturated heterocycles. The quantitative estimate of drug-likeness (QED) is 0.280. The molecule has 0 aliphatic heterocycles. The highest BCUT2D eigenvalue weighted by atomic mass is 28.5. The summed E-state index contributed by atoms with van der Waals surface area (Å²) in [5, 5.41) is 0. The zero-order valence-electron chi connectivity index (χ0n) is 18.1. The lowest BCUT2D eigenvalue weighted by atomic mass is 10.8. The number of hydrogen-bond acceptors (Lipinski definition) is 4. The molecule has 0 heterocycles. The van der Waals surface area contributed by atoms with Gasteiger partial charge in [0.05, 0.1) is 0 Å². The first-order valence-electron chi connectivity index (χ1n) is 8.97. The number of hydrogen-bond donors (Lipinski definition) is 0. The molecule has 148 valence electrons. The minimum atomic E-state index is -2.35. The van der Waals surface area contributed by atoms with E-state index in [4.69, 9.17) is 16.5 Å². The summed E-state index contributed by atoms with van der Waals surface area (Å²) in [5.41, 5.74) is 0. The molecule has 0 bridgehead atoms. The predicted molar refractivity (Wildman–Crippen MR) is 122 cm³/mol. The third-order valence-corrected chi connectivity index (χ3v) is 22.1. The first-order valence-corrected chi connectivity index (χ1v) is 23.7. The van der Waals surface area contributed by atoms with E-state index in [1.165, 1.54) is 0 Å². The van der Waals surface area contributed by atoms with Crippen LogP contribution in [0.4, 0.5) is 0 Å². The van der Waals surface area contributed by atoms with E-state index in [2.05, 4.69) is 78.6 Å². The van der Waals surface area contributed by atoms with Gasteiger partial charge in [0.15, 0.2) is 16.6 Å². The molecule has 0 amide bonds. The lowest BCUT2D eigenvalue weighted by Crippen LogP contribution is -2.58. The predicted octanol–water partition coefficient (Wildman–Crippen LogP) is 5.94. The van der Waals surface area contributed by atoms with Crippen molar-refractivity contribution in [2.24, 2.45) is 0 Å². The smallest absolute Gasteiger partial charge is 0.314 e. The Labute approximate surface area is 161 Å². The van der Waals surface area contributed by atoms with Crippen molar-refractivity contribution in [3.8, 4) is 0 Å². The summed E-state index contributed by atoms with van der Waals surface area (Å²) in [6, 6.07) is 1.86. The van der Waals surface area contributed by atoms with Crippen LogP contribution in [-0.4, -0.2) is 42.3 Å². The zero-order valence-corrected chi connectivity index (χ0v) is 23.1. The molecule has 0 atom stereocenters. The van der Waals surface area contributed by atoms with Crippen molar-refractivity contribution in [3.05, 3.63) is 25.3 Å². The fourth-order valence-corrected chi connectivity index (χ4v) is 27.2. The van der Waals surface area contributed by atoms with E-state index in [1.54, 1.807) is 0 Å². The summed E-state index contributed by atoms with van der Waals surface area (Å²) in [4.78, 5) is 0. The van der Waals surface area contributed by atoms with Gasteiger partial charge in [-0.1, -0.05) is 12.2 Å². The van der Waals surface area contributed by atoms with E-state index in [-0.39, 0.29) is 0 Å². The van der Waals surface area contributed by atoms with Crippen molar-refractivity contribution < 1.29 is 16.5 Å². The molecular weight excluding hydrogens is 397 g/mol. The molecular formula is C16H40O4Si5. The molecule has 0 saturated carbocycles. The fourth-order valence-electron chi connectivity index (χ4n) is 3.36. The van der Waals surface area contributed by atoms with E-state index < -0.39 is 42.3 Å². The van der Waals surface area contributed by atoms with Crippen molar-refractivity contribution in [3.63, 3.8) is 0 Å². The second kappa shape index (κ2) is 9.06. The van der Waals surface area contributed by atoms with Crippen molar-refractivity contribution in [1.29, 1.82) is 0 Å². The van der Waals surface area contributed by atoms with Gasteiger partial charge in [0, 0.05) is 0 Å². The Morgan fingerprint density at radius 3 is 1.00 bits per heavy atom. The third kappa shape index (κ3) is 11.7. The molecule has 0 spiro atoms. The van der Waals surface area contributed by atoms with Gasteiger partial charge in [-0.25, -0.2) is 0 Å². The van der Waals surface area contributed by atoms with Crippen LogP contribution in [0, 0.1) is 0 Å². The van der Waals surface area contributed by atoms with E-state index >= 15 is 0 Å². The van der Waals surface area contributed by atoms with E-state index in [1.807, 2.05) is 12.2 Å². The van der Waals surface area contributed by atoms with Crippen molar-refractivity contribution in [2.75, 3.05) is 0 Å². The Bertz CT molecular complexity index is 421. The molecule has 0 aliphatic carbocycles. The highest BCUT2D eigenvalue weighted by Crippen LogP contribution is 2.27. The van der Waals surface area contributed by atoms with Crippen LogP contribution < -0.4 is 0 Å². The molecule has 25 heavy (non-hydrogen) atoms. The summed E-state index contributed by atoms with van der Waals surface area (Å²) in [6.07, 6.45) is 3.90. The number of allylic oxidation sites excluding steroid dienone is 2. The average Bonchev–Trinajstić information content (AvgIpc) is 2.19. The summed E-state index contributed by atoms with van der Waals surface area (Å²) < 4.78 is 25.9. The minimum Gasteiger partial charge on any atom is -0.436 e. The maximum atomic E-state index is 6.50. The summed E-state index contributed by atoms with van der Waals surface area (Å²) >= 11 is 0. The van der Waals surface area contributed by atoms with Gasteiger partial charge < -0.3 is 16.5 Å². The first-order chi connectivity index (χ1) is 10.9. The minimum absolute atomic E-state index is 0.931. The second-order valence-corrected chi connectivity index (χ2v) is 28.6. The highest BCUT2D eigenvalue weighted by molar-refractivity contribution is 6.90. The van der Waals surface area contributed by atoms with Crippen molar-refractivity contribution in [2.45, 2.75) is 77.6 Å². The molecule has 0 aromatic rings. The van der Waals surface area contributed by atoms with Crippen LogP contribution in [0.3, 0.4) is 0 Å². The van der Waals surface area contributed by atoms with E-state index in [0.29, 0.717) is 0 Å². The summed E-state index contributed by atoms with van der Waals surface area (Å²) in [5.74, 6) is 0. The van der Waals surface area contributed by atoms with Crippen molar-refractivity contribution in [1.82, 2.24) is 0 Å². The monoisotopic (exact) mass is 436 g/mol. The molecule has 4 nitrogen and oxygen atoms in total. The van der Waals surface area contributed by atoms with Crippen LogP contribution in [0.5, 0.6) is 0 Å². The molecule has 0 aromatic heterocycles. The Kier molecular flexibility index (Phi) is 9.21. The van der Waals surface area contributed by atoms with Crippen molar-refractivity contribution >= 4 is 42.3 Å². The van der Waals surface area contributed by atoms with Gasteiger partial charge >= 0.3 is 25.7 Å². The van der Waals surface area contributed by atoms with Crippen LogP contribution >= 0.6 is 0 Å². The number of rotatable bonds is 12. The Balaban J connectivity index is 5.00. The molecule has 0 radical (unpaired) electrons. The lowest BCUT2D eigenvalue weighted by molar-refractivity contribution is 0.299. The Morgan fingerprint density at radius 2 is 0.760 bits per heavy atom. The topological polar surface area (TPSA) is 36.9 Å². The second-order valence-electron chi connectivity index (χ2n) is 9.11. The van der Waals surface area contributed by atoms with Gasteiger partial charge in [-0.05, 0) is 77.6 Å². The first kappa shape index (κ1) is 25.4.